The van der Waals surface area contributed by atoms with E-state index in [1.165, 1.54) is 6.07 Å². The Kier molecular flexibility index (Phi) is 6.39. The molecule has 132 valence electrons. The summed E-state index contributed by atoms with van der Waals surface area (Å²) in [5, 5.41) is 2.63. The summed E-state index contributed by atoms with van der Waals surface area (Å²) in [6, 6.07) is 9.93. The first-order valence-electron chi connectivity index (χ1n) is 8.27. The van der Waals surface area contributed by atoms with Crippen molar-refractivity contribution in [1.29, 1.82) is 0 Å². The summed E-state index contributed by atoms with van der Waals surface area (Å²) < 4.78 is 26.6. The van der Waals surface area contributed by atoms with Gasteiger partial charge in [0.05, 0.1) is 6.04 Å². The van der Waals surface area contributed by atoms with Crippen molar-refractivity contribution in [1.82, 2.24) is 5.32 Å². The molecule has 1 amide bonds. The van der Waals surface area contributed by atoms with Crippen molar-refractivity contribution in [2.45, 2.75) is 39.2 Å². The van der Waals surface area contributed by atoms with Crippen LogP contribution in [0.5, 0.6) is 0 Å². The maximum atomic E-state index is 13.7. The second-order valence-electron chi connectivity index (χ2n) is 5.93. The van der Waals surface area contributed by atoms with Crippen LogP contribution in [-0.2, 0) is 11.2 Å². The molecule has 0 aliphatic rings. The van der Waals surface area contributed by atoms with Crippen LogP contribution in [0.3, 0.4) is 0 Å². The first-order chi connectivity index (χ1) is 11.9. The normalized spacial score (nSPS) is 11.8. The number of rotatable bonds is 7. The van der Waals surface area contributed by atoms with Crippen LogP contribution in [0.2, 0.25) is 0 Å². The third-order valence-electron chi connectivity index (χ3n) is 4.07. The maximum Gasteiger partial charge on any atom is 0.220 e. The number of carbonyl (C=O) groups excluding carboxylic acids is 2. The molecule has 0 saturated carbocycles. The SMILES string of the molecule is CCc1ccc(C(=O)CCC(=O)NC(C)c2ccc(F)cc2F)cc1. The number of hydrogen-bond donors (Lipinski definition) is 1. The molecule has 1 unspecified atom stereocenters. The molecule has 0 aliphatic carbocycles. The molecular formula is C20H21F2NO2. The summed E-state index contributed by atoms with van der Waals surface area (Å²) in [6.45, 7) is 3.64. The van der Waals surface area contributed by atoms with Gasteiger partial charge in [-0.1, -0.05) is 37.3 Å². The van der Waals surface area contributed by atoms with Crippen molar-refractivity contribution >= 4 is 11.7 Å². The van der Waals surface area contributed by atoms with E-state index in [4.69, 9.17) is 0 Å². The Labute approximate surface area is 146 Å². The van der Waals surface area contributed by atoms with Crippen LogP contribution in [-0.4, -0.2) is 11.7 Å². The summed E-state index contributed by atoms with van der Waals surface area (Å²) in [6.07, 6.45) is 0.992. The van der Waals surface area contributed by atoms with E-state index in [-0.39, 0.29) is 30.1 Å². The highest BCUT2D eigenvalue weighted by atomic mass is 19.1. The molecule has 0 aromatic heterocycles. The Hall–Kier alpha value is -2.56. The lowest BCUT2D eigenvalue weighted by Crippen LogP contribution is -2.27. The van der Waals surface area contributed by atoms with E-state index in [1.807, 2.05) is 19.1 Å². The molecule has 2 aromatic rings. The van der Waals surface area contributed by atoms with Gasteiger partial charge in [-0.2, -0.15) is 0 Å². The average Bonchev–Trinajstić information content (AvgIpc) is 2.59. The number of carbonyl (C=O) groups is 2. The smallest absolute Gasteiger partial charge is 0.220 e. The molecule has 0 spiro atoms. The Morgan fingerprint density at radius 2 is 1.72 bits per heavy atom. The molecule has 25 heavy (non-hydrogen) atoms. The summed E-state index contributed by atoms with van der Waals surface area (Å²) >= 11 is 0. The third kappa shape index (κ3) is 5.21. The fraction of sp³-hybridized carbons (Fsp3) is 0.300. The van der Waals surface area contributed by atoms with Crippen LogP contribution < -0.4 is 5.32 Å². The summed E-state index contributed by atoms with van der Waals surface area (Å²) in [7, 11) is 0. The van der Waals surface area contributed by atoms with Crippen LogP contribution in [0.4, 0.5) is 8.78 Å². The number of amides is 1. The van der Waals surface area contributed by atoms with Crippen molar-refractivity contribution in [3.63, 3.8) is 0 Å². The topological polar surface area (TPSA) is 46.2 Å². The number of aryl methyl sites for hydroxylation is 1. The van der Waals surface area contributed by atoms with E-state index >= 15 is 0 Å². The zero-order valence-corrected chi connectivity index (χ0v) is 14.3. The van der Waals surface area contributed by atoms with E-state index in [0.717, 1.165) is 24.1 Å². The Morgan fingerprint density at radius 3 is 2.32 bits per heavy atom. The van der Waals surface area contributed by atoms with Gasteiger partial charge in [0.15, 0.2) is 5.78 Å². The van der Waals surface area contributed by atoms with Crippen LogP contribution in [0.1, 0.15) is 54.2 Å². The highest BCUT2D eigenvalue weighted by Gasteiger charge is 2.15. The first-order valence-corrected chi connectivity index (χ1v) is 8.27. The van der Waals surface area contributed by atoms with Gasteiger partial charge in [-0.15, -0.1) is 0 Å². The minimum Gasteiger partial charge on any atom is -0.349 e. The zero-order chi connectivity index (χ0) is 18.4. The van der Waals surface area contributed by atoms with Gasteiger partial charge in [0.2, 0.25) is 5.91 Å². The van der Waals surface area contributed by atoms with E-state index in [1.54, 1.807) is 19.1 Å². The molecule has 0 aliphatic heterocycles. The highest BCUT2D eigenvalue weighted by molar-refractivity contribution is 5.98. The van der Waals surface area contributed by atoms with Gasteiger partial charge in [0.1, 0.15) is 11.6 Å². The molecule has 2 rings (SSSR count). The molecule has 0 fully saturated rings. The first kappa shape index (κ1) is 18.8. The van der Waals surface area contributed by atoms with E-state index in [0.29, 0.717) is 5.56 Å². The van der Waals surface area contributed by atoms with Crippen molar-refractivity contribution in [2.24, 2.45) is 0 Å². The van der Waals surface area contributed by atoms with Gasteiger partial charge in [-0.3, -0.25) is 9.59 Å². The Balaban J connectivity index is 1.88. The number of Topliss-reactive ketones (excluding diaryl/α,β-unsaturated/α-hetero) is 1. The lowest BCUT2D eigenvalue weighted by atomic mass is 10.0. The predicted octanol–water partition coefficient (Wildman–Crippen LogP) is 4.37. The van der Waals surface area contributed by atoms with Crippen LogP contribution in [0.25, 0.3) is 0 Å². The van der Waals surface area contributed by atoms with Crippen molar-refractivity contribution in [2.75, 3.05) is 0 Å². The average molecular weight is 345 g/mol. The molecule has 0 radical (unpaired) electrons. The predicted molar refractivity (Wildman–Crippen MR) is 92.3 cm³/mol. The minimum atomic E-state index is -0.708. The fourth-order valence-electron chi connectivity index (χ4n) is 2.54. The molecule has 5 heteroatoms. The second-order valence-corrected chi connectivity index (χ2v) is 5.93. The van der Waals surface area contributed by atoms with Gasteiger partial charge >= 0.3 is 0 Å². The molecule has 1 atom stereocenters. The van der Waals surface area contributed by atoms with Crippen molar-refractivity contribution < 1.29 is 18.4 Å². The van der Waals surface area contributed by atoms with Crippen LogP contribution in [0, 0.1) is 11.6 Å². The molecule has 0 heterocycles. The number of hydrogen-bond acceptors (Lipinski definition) is 2. The quantitative estimate of drug-likeness (QED) is 0.758. The molecular weight excluding hydrogens is 324 g/mol. The maximum absolute atomic E-state index is 13.7. The molecule has 0 bridgehead atoms. The summed E-state index contributed by atoms with van der Waals surface area (Å²) in [4.78, 5) is 24.1. The lowest BCUT2D eigenvalue weighted by molar-refractivity contribution is -0.121. The molecule has 2 aromatic carbocycles. The largest absolute Gasteiger partial charge is 0.349 e. The zero-order valence-electron chi connectivity index (χ0n) is 14.3. The van der Waals surface area contributed by atoms with Gasteiger partial charge in [-0.05, 0) is 25.0 Å². The lowest BCUT2D eigenvalue weighted by Gasteiger charge is -2.15. The highest BCUT2D eigenvalue weighted by Crippen LogP contribution is 2.18. The van der Waals surface area contributed by atoms with E-state index in [9.17, 15) is 18.4 Å². The van der Waals surface area contributed by atoms with Crippen molar-refractivity contribution in [3.8, 4) is 0 Å². The van der Waals surface area contributed by atoms with Gasteiger partial charge in [0.25, 0.3) is 0 Å². The third-order valence-corrected chi connectivity index (χ3v) is 4.07. The molecule has 3 nitrogen and oxygen atoms in total. The number of benzene rings is 2. The van der Waals surface area contributed by atoms with E-state index in [2.05, 4.69) is 5.32 Å². The van der Waals surface area contributed by atoms with E-state index < -0.39 is 17.7 Å². The number of halogens is 2. The molecule has 0 saturated heterocycles. The fourth-order valence-corrected chi connectivity index (χ4v) is 2.54. The summed E-state index contributed by atoms with van der Waals surface area (Å²) in [5.74, 6) is -1.84. The van der Waals surface area contributed by atoms with Crippen LogP contribution in [0.15, 0.2) is 42.5 Å². The van der Waals surface area contributed by atoms with Crippen molar-refractivity contribution in [3.05, 3.63) is 70.8 Å². The standard InChI is InChI=1S/C20H21F2NO2/c1-3-14-4-6-15(7-5-14)19(24)10-11-20(25)23-13(2)17-9-8-16(21)12-18(17)22/h4-9,12-13H,3,10-11H2,1-2H3,(H,23,25). The summed E-state index contributed by atoms with van der Waals surface area (Å²) in [5.41, 5.74) is 1.92. The number of ketones is 1. The van der Waals surface area contributed by atoms with Gasteiger partial charge in [-0.25, -0.2) is 8.78 Å². The Morgan fingerprint density at radius 1 is 1.04 bits per heavy atom. The number of nitrogens with one attached hydrogen (secondary N) is 1. The van der Waals surface area contributed by atoms with Gasteiger partial charge in [0, 0.05) is 30.0 Å². The minimum absolute atomic E-state index is 0.0154. The monoisotopic (exact) mass is 345 g/mol. The van der Waals surface area contributed by atoms with Crippen LogP contribution >= 0.6 is 0 Å². The second kappa shape index (κ2) is 8.51. The molecule has 1 N–H and O–H groups in total. The Bertz CT molecular complexity index is 757. The van der Waals surface area contributed by atoms with Gasteiger partial charge < -0.3 is 5.32 Å².